The van der Waals surface area contributed by atoms with Gasteiger partial charge in [-0.05, 0) is 54.6 Å². The number of aliphatic hydroxyl groups excluding tert-OH is 1. The van der Waals surface area contributed by atoms with Crippen LogP contribution in [0.15, 0.2) is 30.3 Å². The zero-order valence-corrected chi connectivity index (χ0v) is 12.0. The summed E-state index contributed by atoms with van der Waals surface area (Å²) >= 11 is 1.99. The smallest absolute Gasteiger partial charge is 0.0569 e. The van der Waals surface area contributed by atoms with Crippen LogP contribution in [0.1, 0.15) is 44.1 Å². The fraction of sp³-hybridized carbons (Fsp3) is 0.625. The molecular formula is C16H24OS. The van der Waals surface area contributed by atoms with Crippen molar-refractivity contribution in [3.63, 3.8) is 0 Å². The van der Waals surface area contributed by atoms with Gasteiger partial charge in [0.15, 0.2) is 0 Å². The third-order valence-corrected chi connectivity index (χ3v) is 4.98. The minimum atomic E-state index is -0.0672. The second-order valence-electron chi connectivity index (χ2n) is 5.23. The molecule has 0 aromatic heterocycles. The third kappa shape index (κ3) is 3.76. The van der Waals surface area contributed by atoms with E-state index in [2.05, 4.69) is 37.3 Å². The molecule has 100 valence electrons. The summed E-state index contributed by atoms with van der Waals surface area (Å²) in [6, 6.07) is 10.8. The molecule has 1 aliphatic carbocycles. The van der Waals surface area contributed by atoms with Crippen LogP contribution in [0.5, 0.6) is 0 Å². The quantitative estimate of drug-likeness (QED) is 0.809. The van der Waals surface area contributed by atoms with Gasteiger partial charge in [-0.2, -0.15) is 11.8 Å². The van der Waals surface area contributed by atoms with Gasteiger partial charge >= 0.3 is 0 Å². The molecule has 2 rings (SSSR count). The summed E-state index contributed by atoms with van der Waals surface area (Å²) in [4.78, 5) is 0. The van der Waals surface area contributed by atoms with E-state index in [1.54, 1.807) is 0 Å². The van der Waals surface area contributed by atoms with Gasteiger partial charge in [0.1, 0.15) is 0 Å². The van der Waals surface area contributed by atoms with Crippen molar-refractivity contribution in [1.29, 1.82) is 0 Å². The first-order valence-electron chi connectivity index (χ1n) is 7.12. The zero-order chi connectivity index (χ0) is 12.8. The maximum atomic E-state index is 10.1. The van der Waals surface area contributed by atoms with Gasteiger partial charge < -0.3 is 5.11 Å². The normalized spacial score (nSPS) is 28.2. The van der Waals surface area contributed by atoms with Crippen molar-refractivity contribution >= 4 is 11.8 Å². The highest BCUT2D eigenvalue weighted by molar-refractivity contribution is 7.99. The Morgan fingerprint density at radius 1 is 1.22 bits per heavy atom. The van der Waals surface area contributed by atoms with Crippen LogP contribution in [0.25, 0.3) is 0 Å². The lowest BCUT2D eigenvalue weighted by atomic mass is 9.75. The molecule has 0 heterocycles. The highest BCUT2D eigenvalue weighted by atomic mass is 32.2. The summed E-state index contributed by atoms with van der Waals surface area (Å²) < 4.78 is 0. The van der Waals surface area contributed by atoms with Crippen LogP contribution in [0.2, 0.25) is 0 Å². The number of thioether (sulfide) groups is 1. The van der Waals surface area contributed by atoms with Crippen LogP contribution in [0.3, 0.4) is 0 Å². The monoisotopic (exact) mass is 264 g/mol. The first-order chi connectivity index (χ1) is 8.81. The SMILES string of the molecule is CCSCCC1CC(c2ccccc2)CCC1O. The summed E-state index contributed by atoms with van der Waals surface area (Å²) in [6.07, 6.45) is 4.38. The van der Waals surface area contributed by atoms with Gasteiger partial charge in [-0.3, -0.25) is 0 Å². The second kappa shape index (κ2) is 7.20. The van der Waals surface area contributed by atoms with Crippen molar-refractivity contribution < 1.29 is 5.11 Å². The molecule has 1 N–H and O–H groups in total. The lowest BCUT2D eigenvalue weighted by Crippen LogP contribution is -2.28. The van der Waals surface area contributed by atoms with Crippen molar-refractivity contribution in [2.24, 2.45) is 5.92 Å². The van der Waals surface area contributed by atoms with E-state index in [1.165, 1.54) is 23.5 Å². The number of hydrogen-bond donors (Lipinski definition) is 1. The Morgan fingerprint density at radius 3 is 2.72 bits per heavy atom. The highest BCUT2D eigenvalue weighted by Crippen LogP contribution is 2.38. The summed E-state index contributed by atoms with van der Waals surface area (Å²) in [5, 5.41) is 10.1. The van der Waals surface area contributed by atoms with Gasteiger partial charge in [-0.15, -0.1) is 0 Å². The Balaban J connectivity index is 1.91. The van der Waals surface area contributed by atoms with Crippen LogP contribution in [0.4, 0.5) is 0 Å². The van der Waals surface area contributed by atoms with Gasteiger partial charge in [0.2, 0.25) is 0 Å². The Bertz CT molecular complexity index is 338. The molecule has 1 aromatic carbocycles. The maximum absolute atomic E-state index is 10.1. The van der Waals surface area contributed by atoms with E-state index in [1.807, 2.05) is 11.8 Å². The van der Waals surface area contributed by atoms with Crippen molar-refractivity contribution in [2.75, 3.05) is 11.5 Å². The lowest BCUT2D eigenvalue weighted by molar-refractivity contribution is 0.0605. The molecule has 1 aromatic rings. The van der Waals surface area contributed by atoms with Gasteiger partial charge in [0, 0.05) is 0 Å². The van der Waals surface area contributed by atoms with Gasteiger partial charge in [0.25, 0.3) is 0 Å². The fourth-order valence-electron chi connectivity index (χ4n) is 2.97. The van der Waals surface area contributed by atoms with Crippen molar-refractivity contribution in [2.45, 2.75) is 44.6 Å². The molecule has 1 saturated carbocycles. The molecule has 2 heteroatoms. The van der Waals surface area contributed by atoms with Crippen LogP contribution >= 0.6 is 11.8 Å². The molecule has 0 amide bonds. The van der Waals surface area contributed by atoms with Gasteiger partial charge in [-0.25, -0.2) is 0 Å². The molecule has 3 unspecified atom stereocenters. The van der Waals surface area contributed by atoms with Crippen LogP contribution in [0, 0.1) is 5.92 Å². The van der Waals surface area contributed by atoms with Crippen LogP contribution in [-0.4, -0.2) is 22.7 Å². The third-order valence-electron chi connectivity index (χ3n) is 4.05. The molecule has 1 nitrogen and oxygen atoms in total. The lowest BCUT2D eigenvalue weighted by Gasteiger charge is -2.33. The Hall–Kier alpha value is -0.470. The van der Waals surface area contributed by atoms with E-state index >= 15 is 0 Å². The van der Waals surface area contributed by atoms with E-state index in [0.29, 0.717) is 11.8 Å². The number of rotatable bonds is 5. The Kier molecular flexibility index (Phi) is 5.58. The molecule has 0 radical (unpaired) electrons. The van der Waals surface area contributed by atoms with E-state index in [-0.39, 0.29) is 6.10 Å². The van der Waals surface area contributed by atoms with Crippen molar-refractivity contribution in [3.05, 3.63) is 35.9 Å². The molecule has 0 bridgehead atoms. The Labute approximate surface area is 115 Å². The van der Waals surface area contributed by atoms with Crippen LogP contribution < -0.4 is 0 Å². The van der Waals surface area contributed by atoms with Crippen LogP contribution in [-0.2, 0) is 0 Å². The van der Waals surface area contributed by atoms with E-state index in [9.17, 15) is 5.11 Å². The highest BCUT2D eigenvalue weighted by Gasteiger charge is 2.29. The molecule has 18 heavy (non-hydrogen) atoms. The topological polar surface area (TPSA) is 20.2 Å². The fourth-order valence-corrected chi connectivity index (χ4v) is 3.72. The Morgan fingerprint density at radius 2 is 2.00 bits per heavy atom. The summed E-state index contributed by atoms with van der Waals surface area (Å²) in [6.45, 7) is 2.20. The first kappa shape index (κ1) is 14.0. The maximum Gasteiger partial charge on any atom is 0.0569 e. The van der Waals surface area contributed by atoms with E-state index in [0.717, 1.165) is 19.3 Å². The predicted octanol–water partition coefficient (Wildman–Crippen LogP) is 4.07. The van der Waals surface area contributed by atoms with Crippen molar-refractivity contribution in [3.8, 4) is 0 Å². The predicted molar refractivity (Wildman–Crippen MR) is 80.1 cm³/mol. The first-order valence-corrected chi connectivity index (χ1v) is 8.27. The summed E-state index contributed by atoms with van der Waals surface area (Å²) in [5.41, 5.74) is 1.46. The number of aliphatic hydroxyl groups is 1. The molecule has 1 aliphatic rings. The molecule has 0 spiro atoms. The van der Waals surface area contributed by atoms with Gasteiger partial charge in [-0.1, -0.05) is 37.3 Å². The number of hydrogen-bond acceptors (Lipinski definition) is 2. The van der Waals surface area contributed by atoms with E-state index < -0.39 is 0 Å². The van der Waals surface area contributed by atoms with Gasteiger partial charge in [0.05, 0.1) is 6.10 Å². The summed E-state index contributed by atoms with van der Waals surface area (Å²) in [5.74, 6) is 3.54. The van der Waals surface area contributed by atoms with Crippen molar-refractivity contribution in [1.82, 2.24) is 0 Å². The average molecular weight is 264 g/mol. The molecule has 0 saturated heterocycles. The zero-order valence-electron chi connectivity index (χ0n) is 11.2. The van der Waals surface area contributed by atoms with E-state index in [4.69, 9.17) is 0 Å². The minimum absolute atomic E-state index is 0.0672. The molecule has 1 fully saturated rings. The largest absolute Gasteiger partial charge is 0.393 e. The molecular weight excluding hydrogens is 240 g/mol. The average Bonchev–Trinajstić information content (AvgIpc) is 2.42. The number of benzene rings is 1. The minimum Gasteiger partial charge on any atom is -0.393 e. The standard InChI is InChI=1S/C16H24OS/c1-2-18-11-10-15-12-14(8-9-16(15)17)13-6-4-3-5-7-13/h3-7,14-17H,2,8-12H2,1H3. The molecule has 0 aliphatic heterocycles. The summed E-state index contributed by atoms with van der Waals surface area (Å²) in [7, 11) is 0. The second-order valence-corrected chi connectivity index (χ2v) is 6.63. The molecule has 3 atom stereocenters.